The summed E-state index contributed by atoms with van der Waals surface area (Å²) in [5, 5.41) is 20.9. The van der Waals surface area contributed by atoms with Gasteiger partial charge in [0, 0.05) is 10.7 Å². The van der Waals surface area contributed by atoms with Crippen LogP contribution >= 0.6 is 15.9 Å². The molecule has 2 N–H and O–H groups in total. The van der Waals surface area contributed by atoms with E-state index < -0.39 is 5.97 Å². The Morgan fingerprint density at radius 1 is 1.40 bits per heavy atom. The average Bonchev–Trinajstić information content (AvgIpc) is 2.45. The number of hydrogen-bond donors (Lipinski definition) is 2. The maximum atomic E-state index is 10.7. The molecule has 0 amide bonds. The van der Waals surface area contributed by atoms with Crippen molar-refractivity contribution in [1.82, 2.24) is 4.98 Å². The van der Waals surface area contributed by atoms with E-state index in [0.29, 0.717) is 23.5 Å². The molecular formula is C14H10BrN3O2. The molecule has 1 heterocycles. The van der Waals surface area contributed by atoms with E-state index in [9.17, 15) is 4.79 Å². The molecule has 20 heavy (non-hydrogen) atoms. The van der Waals surface area contributed by atoms with Crippen LogP contribution in [0.4, 0.5) is 5.69 Å². The molecule has 0 atom stereocenters. The largest absolute Gasteiger partial charge is 0.478 e. The zero-order chi connectivity index (χ0) is 14.5. The normalized spacial score (nSPS) is 9.80. The van der Waals surface area contributed by atoms with E-state index in [4.69, 9.17) is 10.4 Å². The minimum absolute atomic E-state index is 0.147. The van der Waals surface area contributed by atoms with Gasteiger partial charge in [0.15, 0.2) is 0 Å². The molecule has 0 aliphatic rings. The summed E-state index contributed by atoms with van der Waals surface area (Å²) in [5.74, 6) is -1.00. The maximum absolute atomic E-state index is 10.7. The number of halogens is 1. The molecule has 5 nitrogen and oxygen atoms in total. The highest BCUT2D eigenvalue weighted by Gasteiger charge is 2.05. The Kier molecular flexibility index (Phi) is 4.33. The quantitative estimate of drug-likeness (QED) is 0.899. The van der Waals surface area contributed by atoms with Gasteiger partial charge in [-0.05, 0) is 30.3 Å². The van der Waals surface area contributed by atoms with Crippen molar-refractivity contribution in [2.45, 2.75) is 6.54 Å². The maximum Gasteiger partial charge on any atom is 0.337 e. The van der Waals surface area contributed by atoms with Crippen LogP contribution in [-0.4, -0.2) is 16.1 Å². The summed E-state index contributed by atoms with van der Waals surface area (Å²) < 4.78 is 0.869. The molecule has 0 aliphatic heterocycles. The Labute approximate surface area is 124 Å². The summed E-state index contributed by atoms with van der Waals surface area (Å²) in [7, 11) is 0. The number of aromatic nitrogens is 1. The second-order valence-electron chi connectivity index (χ2n) is 4.00. The van der Waals surface area contributed by atoms with E-state index in [-0.39, 0.29) is 5.56 Å². The summed E-state index contributed by atoms with van der Waals surface area (Å²) >= 11 is 3.35. The van der Waals surface area contributed by atoms with Crippen LogP contribution in [0.15, 0.2) is 41.0 Å². The lowest BCUT2D eigenvalue weighted by atomic mass is 10.2. The van der Waals surface area contributed by atoms with Crippen molar-refractivity contribution < 1.29 is 9.90 Å². The third kappa shape index (κ3) is 3.33. The van der Waals surface area contributed by atoms with Crippen molar-refractivity contribution in [1.29, 1.82) is 5.26 Å². The molecule has 0 aliphatic carbocycles. The number of carboxylic acids is 1. The van der Waals surface area contributed by atoms with Crippen molar-refractivity contribution in [2.75, 3.05) is 5.32 Å². The van der Waals surface area contributed by atoms with Gasteiger partial charge >= 0.3 is 5.97 Å². The van der Waals surface area contributed by atoms with E-state index in [1.54, 1.807) is 18.2 Å². The van der Waals surface area contributed by atoms with Crippen molar-refractivity contribution in [3.8, 4) is 6.07 Å². The number of anilines is 1. The Hall–Kier alpha value is -2.39. The van der Waals surface area contributed by atoms with Crippen LogP contribution in [0.5, 0.6) is 0 Å². The molecule has 6 heteroatoms. The fraction of sp³-hybridized carbons (Fsp3) is 0.0714. The van der Waals surface area contributed by atoms with Gasteiger partial charge < -0.3 is 10.4 Å². The number of rotatable bonds is 4. The summed E-state index contributed by atoms with van der Waals surface area (Å²) in [6, 6.07) is 10.6. The van der Waals surface area contributed by atoms with E-state index in [0.717, 1.165) is 4.47 Å². The lowest BCUT2D eigenvalue weighted by molar-refractivity contribution is 0.0696. The van der Waals surface area contributed by atoms with Crippen LogP contribution in [0.1, 0.15) is 21.6 Å². The van der Waals surface area contributed by atoms with E-state index in [1.165, 1.54) is 12.3 Å². The van der Waals surface area contributed by atoms with Crippen molar-refractivity contribution in [3.05, 3.63) is 57.8 Å². The molecule has 1 aromatic heterocycles. The van der Waals surface area contributed by atoms with Crippen LogP contribution in [0.2, 0.25) is 0 Å². The number of carboxylic acid groups (broad SMARTS) is 1. The number of nitriles is 1. The number of nitrogens with zero attached hydrogens (tertiary/aromatic N) is 2. The van der Waals surface area contributed by atoms with Crippen molar-refractivity contribution in [2.24, 2.45) is 0 Å². The zero-order valence-corrected chi connectivity index (χ0v) is 11.9. The number of hydrogen-bond acceptors (Lipinski definition) is 4. The van der Waals surface area contributed by atoms with Crippen LogP contribution in [-0.2, 0) is 6.54 Å². The van der Waals surface area contributed by atoms with E-state index in [2.05, 4.69) is 32.3 Å². The van der Waals surface area contributed by atoms with E-state index >= 15 is 0 Å². The highest BCUT2D eigenvalue weighted by atomic mass is 79.9. The first-order chi connectivity index (χ1) is 9.60. The summed E-state index contributed by atoms with van der Waals surface area (Å²) in [6.07, 6.45) is 1.31. The molecule has 0 saturated heterocycles. The number of nitrogens with one attached hydrogen (secondary N) is 1. The number of benzene rings is 1. The number of pyridine rings is 1. The standard InChI is InChI=1S/C14H10BrN3O2/c15-11-3-1-9(6-16)13(5-11)18-8-12-4-2-10(7-17-12)14(19)20/h1-5,7,18H,8H2,(H,19,20). The second kappa shape index (κ2) is 6.17. The molecule has 0 radical (unpaired) electrons. The van der Waals surface area contributed by atoms with Gasteiger partial charge in [0.1, 0.15) is 6.07 Å². The predicted molar refractivity (Wildman–Crippen MR) is 77.4 cm³/mol. The smallest absolute Gasteiger partial charge is 0.337 e. The van der Waals surface area contributed by atoms with Gasteiger partial charge in [0.25, 0.3) is 0 Å². The summed E-state index contributed by atoms with van der Waals surface area (Å²) in [5.41, 5.74) is 2.08. The Balaban J connectivity index is 2.11. The summed E-state index contributed by atoms with van der Waals surface area (Å²) in [4.78, 5) is 14.8. The molecule has 0 unspecified atom stereocenters. The SMILES string of the molecule is N#Cc1ccc(Br)cc1NCc1ccc(C(=O)O)cn1. The highest BCUT2D eigenvalue weighted by molar-refractivity contribution is 9.10. The van der Waals surface area contributed by atoms with Gasteiger partial charge in [-0.15, -0.1) is 0 Å². The van der Waals surface area contributed by atoms with Gasteiger partial charge in [0.2, 0.25) is 0 Å². The molecule has 1 aromatic carbocycles. The van der Waals surface area contributed by atoms with Crippen LogP contribution in [0.25, 0.3) is 0 Å². The fourth-order valence-electron chi connectivity index (χ4n) is 1.60. The van der Waals surface area contributed by atoms with Crippen molar-refractivity contribution >= 4 is 27.6 Å². The third-order valence-corrected chi connectivity index (χ3v) is 3.13. The lowest BCUT2D eigenvalue weighted by Gasteiger charge is -2.08. The Morgan fingerprint density at radius 2 is 2.20 bits per heavy atom. The minimum Gasteiger partial charge on any atom is -0.478 e. The number of aromatic carboxylic acids is 1. The third-order valence-electron chi connectivity index (χ3n) is 2.63. The molecule has 0 bridgehead atoms. The first kappa shape index (κ1) is 14.0. The zero-order valence-electron chi connectivity index (χ0n) is 10.3. The van der Waals surface area contributed by atoms with E-state index in [1.807, 2.05) is 6.07 Å². The monoisotopic (exact) mass is 331 g/mol. The molecule has 100 valence electrons. The molecular weight excluding hydrogens is 322 g/mol. The van der Waals surface area contributed by atoms with Gasteiger partial charge in [0.05, 0.1) is 29.1 Å². The van der Waals surface area contributed by atoms with Crippen LogP contribution < -0.4 is 5.32 Å². The average molecular weight is 332 g/mol. The first-order valence-electron chi connectivity index (χ1n) is 5.72. The molecule has 2 rings (SSSR count). The van der Waals surface area contributed by atoms with Crippen molar-refractivity contribution in [3.63, 3.8) is 0 Å². The molecule has 0 saturated carbocycles. The predicted octanol–water partition coefficient (Wildman–Crippen LogP) is 3.03. The van der Waals surface area contributed by atoms with Gasteiger partial charge in [-0.3, -0.25) is 4.98 Å². The van der Waals surface area contributed by atoms with Gasteiger partial charge in [-0.25, -0.2) is 4.79 Å². The Bertz CT molecular complexity index is 678. The van der Waals surface area contributed by atoms with Gasteiger partial charge in [-0.1, -0.05) is 15.9 Å². The highest BCUT2D eigenvalue weighted by Crippen LogP contribution is 2.21. The molecule has 0 spiro atoms. The van der Waals surface area contributed by atoms with Gasteiger partial charge in [-0.2, -0.15) is 5.26 Å². The summed E-state index contributed by atoms with van der Waals surface area (Å²) in [6.45, 7) is 0.408. The Morgan fingerprint density at radius 3 is 2.80 bits per heavy atom. The molecule has 2 aromatic rings. The fourth-order valence-corrected chi connectivity index (χ4v) is 1.96. The van der Waals surface area contributed by atoms with Crippen LogP contribution in [0.3, 0.4) is 0 Å². The molecule has 0 fully saturated rings. The number of carbonyl (C=O) groups is 1. The lowest BCUT2D eigenvalue weighted by Crippen LogP contribution is -2.04. The second-order valence-corrected chi connectivity index (χ2v) is 4.91. The first-order valence-corrected chi connectivity index (χ1v) is 6.51. The minimum atomic E-state index is -1.00. The van der Waals surface area contributed by atoms with Crippen LogP contribution in [0, 0.1) is 11.3 Å². The topological polar surface area (TPSA) is 86.0 Å².